The van der Waals surface area contributed by atoms with E-state index >= 15 is 0 Å². The summed E-state index contributed by atoms with van der Waals surface area (Å²) in [7, 11) is 0. The van der Waals surface area contributed by atoms with Crippen molar-refractivity contribution < 1.29 is 9.47 Å². The van der Waals surface area contributed by atoms with Gasteiger partial charge in [0, 0.05) is 48.8 Å². The molecule has 0 amide bonds. The SMILES string of the molecule is CCNC(=NCCCc1nc(C)cs1)Nc1ccc2c(c1)OCCCO2. The molecule has 3 rings (SSSR count). The van der Waals surface area contributed by atoms with Crippen LogP contribution in [0.2, 0.25) is 0 Å². The third kappa shape index (κ3) is 5.36. The van der Waals surface area contributed by atoms with E-state index in [2.05, 4.69) is 32.9 Å². The van der Waals surface area contributed by atoms with Crippen LogP contribution in [0.3, 0.4) is 0 Å². The van der Waals surface area contributed by atoms with Crippen molar-refractivity contribution in [3.05, 3.63) is 34.3 Å². The molecule has 2 heterocycles. The smallest absolute Gasteiger partial charge is 0.195 e. The van der Waals surface area contributed by atoms with Gasteiger partial charge in [-0.05, 0) is 32.4 Å². The number of anilines is 1. The molecule has 2 N–H and O–H groups in total. The molecule has 26 heavy (non-hydrogen) atoms. The third-order valence-corrected chi connectivity index (χ3v) is 4.87. The summed E-state index contributed by atoms with van der Waals surface area (Å²) in [5.74, 6) is 2.36. The van der Waals surface area contributed by atoms with Crippen molar-refractivity contribution in [3.8, 4) is 11.5 Å². The first-order valence-electron chi connectivity index (χ1n) is 9.10. The first kappa shape index (κ1) is 18.5. The second-order valence-corrected chi connectivity index (χ2v) is 7.03. The van der Waals surface area contributed by atoms with Crippen LogP contribution in [0, 0.1) is 6.92 Å². The van der Waals surface area contributed by atoms with Crippen molar-refractivity contribution >= 4 is 23.0 Å². The van der Waals surface area contributed by atoms with Crippen molar-refractivity contribution in [2.24, 2.45) is 4.99 Å². The number of benzene rings is 1. The number of nitrogens with one attached hydrogen (secondary N) is 2. The number of aromatic nitrogens is 1. The van der Waals surface area contributed by atoms with Gasteiger partial charge in [0.2, 0.25) is 0 Å². The number of rotatable bonds is 6. The van der Waals surface area contributed by atoms with Crippen molar-refractivity contribution in [2.45, 2.75) is 33.1 Å². The largest absolute Gasteiger partial charge is 0.490 e. The average Bonchev–Trinajstić information content (AvgIpc) is 2.90. The second kappa shape index (κ2) is 9.43. The Labute approximate surface area is 158 Å². The maximum atomic E-state index is 5.75. The van der Waals surface area contributed by atoms with Gasteiger partial charge in [0.1, 0.15) is 0 Å². The van der Waals surface area contributed by atoms with Gasteiger partial charge in [0.05, 0.1) is 18.2 Å². The number of aliphatic imine (C=N–C) groups is 1. The molecule has 0 aliphatic carbocycles. The zero-order valence-corrected chi connectivity index (χ0v) is 16.2. The minimum Gasteiger partial charge on any atom is -0.490 e. The zero-order valence-electron chi connectivity index (χ0n) is 15.4. The molecule has 0 bridgehead atoms. The molecule has 0 atom stereocenters. The van der Waals surface area contributed by atoms with Gasteiger partial charge in [-0.15, -0.1) is 11.3 Å². The number of guanidine groups is 1. The molecule has 0 radical (unpaired) electrons. The maximum Gasteiger partial charge on any atom is 0.195 e. The number of ether oxygens (including phenoxy) is 2. The van der Waals surface area contributed by atoms with Crippen LogP contribution in [0.25, 0.3) is 0 Å². The lowest BCUT2D eigenvalue weighted by Gasteiger charge is -2.13. The molecule has 0 unspecified atom stereocenters. The van der Waals surface area contributed by atoms with Gasteiger partial charge in [-0.25, -0.2) is 4.98 Å². The molecule has 1 aliphatic rings. The Kier molecular flexibility index (Phi) is 6.71. The van der Waals surface area contributed by atoms with Gasteiger partial charge in [-0.3, -0.25) is 4.99 Å². The lowest BCUT2D eigenvalue weighted by molar-refractivity contribution is 0.297. The zero-order chi connectivity index (χ0) is 18.2. The number of thiazole rings is 1. The number of nitrogens with zero attached hydrogens (tertiary/aromatic N) is 2. The normalized spacial score (nSPS) is 14.0. The monoisotopic (exact) mass is 374 g/mol. The topological polar surface area (TPSA) is 67.8 Å². The highest BCUT2D eigenvalue weighted by molar-refractivity contribution is 7.09. The summed E-state index contributed by atoms with van der Waals surface area (Å²) in [6.45, 7) is 7.02. The lowest BCUT2D eigenvalue weighted by Crippen LogP contribution is -2.30. The third-order valence-electron chi connectivity index (χ3n) is 3.84. The second-order valence-electron chi connectivity index (χ2n) is 6.08. The minimum atomic E-state index is 0.681. The Hall–Kier alpha value is -2.28. The van der Waals surface area contributed by atoms with E-state index in [9.17, 15) is 0 Å². The molecule has 7 heteroatoms. The van der Waals surface area contributed by atoms with Gasteiger partial charge in [-0.2, -0.15) is 0 Å². The average molecular weight is 375 g/mol. The molecular weight excluding hydrogens is 348 g/mol. The minimum absolute atomic E-state index is 0.681. The predicted molar refractivity (Wildman–Crippen MR) is 107 cm³/mol. The van der Waals surface area contributed by atoms with Gasteiger partial charge in [-0.1, -0.05) is 0 Å². The van der Waals surface area contributed by atoms with E-state index in [1.54, 1.807) is 11.3 Å². The van der Waals surface area contributed by atoms with Gasteiger partial charge >= 0.3 is 0 Å². The summed E-state index contributed by atoms with van der Waals surface area (Å²) in [5.41, 5.74) is 2.03. The standard InChI is InChI=1S/C19H26N4O2S/c1-3-20-19(21-9-4-6-18-22-14(2)13-26-18)23-15-7-8-16-17(12-15)25-11-5-10-24-16/h7-8,12-13H,3-6,9-11H2,1-2H3,(H2,20,21,23). The maximum absolute atomic E-state index is 5.75. The molecule has 6 nitrogen and oxygen atoms in total. The van der Waals surface area contributed by atoms with Gasteiger partial charge in [0.15, 0.2) is 17.5 Å². The fourth-order valence-electron chi connectivity index (χ4n) is 2.62. The van der Waals surface area contributed by atoms with Crippen molar-refractivity contribution in [1.29, 1.82) is 0 Å². The Bertz CT molecular complexity index is 745. The Morgan fingerprint density at radius 3 is 2.88 bits per heavy atom. The highest BCUT2D eigenvalue weighted by Crippen LogP contribution is 2.32. The summed E-state index contributed by atoms with van der Waals surface area (Å²) < 4.78 is 11.4. The number of hydrogen-bond donors (Lipinski definition) is 2. The van der Waals surface area contributed by atoms with E-state index in [0.29, 0.717) is 13.2 Å². The summed E-state index contributed by atoms with van der Waals surface area (Å²) >= 11 is 1.72. The molecule has 1 aromatic heterocycles. The highest BCUT2D eigenvalue weighted by Gasteiger charge is 2.11. The van der Waals surface area contributed by atoms with E-state index < -0.39 is 0 Å². The molecule has 2 aromatic rings. The molecule has 0 fully saturated rings. The van der Waals surface area contributed by atoms with Crippen LogP contribution >= 0.6 is 11.3 Å². The molecular formula is C19H26N4O2S. The van der Waals surface area contributed by atoms with E-state index in [-0.39, 0.29) is 0 Å². The van der Waals surface area contributed by atoms with Crippen molar-refractivity contribution in [1.82, 2.24) is 10.3 Å². The van der Waals surface area contributed by atoms with E-state index in [1.165, 1.54) is 5.01 Å². The van der Waals surface area contributed by atoms with E-state index in [0.717, 1.165) is 61.2 Å². The first-order chi connectivity index (χ1) is 12.7. The van der Waals surface area contributed by atoms with Crippen molar-refractivity contribution in [2.75, 3.05) is 31.6 Å². The summed E-state index contributed by atoms with van der Waals surface area (Å²) in [6, 6.07) is 5.89. The van der Waals surface area contributed by atoms with Crippen LogP contribution < -0.4 is 20.1 Å². The molecule has 140 valence electrons. The van der Waals surface area contributed by atoms with Crippen LogP contribution in [0.15, 0.2) is 28.6 Å². The number of aryl methyl sites for hydroxylation is 2. The highest BCUT2D eigenvalue weighted by atomic mass is 32.1. The van der Waals surface area contributed by atoms with Crippen LogP contribution in [0.4, 0.5) is 5.69 Å². The summed E-state index contributed by atoms with van der Waals surface area (Å²) in [6.07, 6.45) is 2.84. The van der Waals surface area contributed by atoms with E-state index in [1.807, 2.05) is 25.1 Å². The quantitative estimate of drug-likeness (QED) is 0.459. The van der Waals surface area contributed by atoms with Gasteiger partial charge in [0.25, 0.3) is 0 Å². The summed E-state index contributed by atoms with van der Waals surface area (Å²) in [4.78, 5) is 9.15. The first-order valence-corrected chi connectivity index (χ1v) is 9.98. The van der Waals surface area contributed by atoms with Gasteiger partial charge < -0.3 is 20.1 Å². The van der Waals surface area contributed by atoms with Crippen LogP contribution in [0.1, 0.15) is 30.5 Å². The molecule has 0 spiro atoms. The van der Waals surface area contributed by atoms with Crippen LogP contribution in [-0.4, -0.2) is 37.2 Å². The lowest BCUT2D eigenvalue weighted by atomic mass is 10.2. The Morgan fingerprint density at radius 2 is 2.12 bits per heavy atom. The van der Waals surface area contributed by atoms with Crippen LogP contribution in [-0.2, 0) is 6.42 Å². The van der Waals surface area contributed by atoms with Crippen LogP contribution in [0.5, 0.6) is 11.5 Å². The number of fused-ring (bicyclic) bond motifs is 1. The fraction of sp³-hybridized carbons (Fsp3) is 0.474. The Morgan fingerprint density at radius 1 is 1.27 bits per heavy atom. The Balaban J connectivity index is 1.57. The molecule has 1 aliphatic heterocycles. The molecule has 0 saturated heterocycles. The fourth-order valence-corrected chi connectivity index (χ4v) is 3.44. The number of hydrogen-bond acceptors (Lipinski definition) is 5. The molecule has 0 saturated carbocycles. The molecule has 1 aromatic carbocycles. The van der Waals surface area contributed by atoms with Crippen molar-refractivity contribution in [3.63, 3.8) is 0 Å². The summed E-state index contributed by atoms with van der Waals surface area (Å²) in [5, 5.41) is 9.89. The van der Waals surface area contributed by atoms with E-state index in [4.69, 9.17) is 9.47 Å². The predicted octanol–water partition coefficient (Wildman–Crippen LogP) is 3.62.